The highest BCUT2D eigenvalue weighted by molar-refractivity contribution is 5.98. The number of amides is 1. The zero-order valence-corrected chi connectivity index (χ0v) is 14.3. The Morgan fingerprint density at radius 3 is 2.67 bits per heavy atom. The van der Waals surface area contributed by atoms with Crippen molar-refractivity contribution in [1.82, 2.24) is 15.6 Å². The van der Waals surface area contributed by atoms with Gasteiger partial charge in [-0.25, -0.2) is 5.43 Å². The highest BCUT2D eigenvalue weighted by atomic mass is 16.3. The molecule has 0 aliphatic carbocycles. The summed E-state index contributed by atoms with van der Waals surface area (Å²) in [6.07, 6.45) is 1.50. The molecule has 1 aromatic heterocycles. The van der Waals surface area contributed by atoms with E-state index in [4.69, 9.17) is 0 Å². The van der Waals surface area contributed by atoms with Crippen LogP contribution in [-0.2, 0) is 0 Å². The van der Waals surface area contributed by atoms with E-state index in [1.807, 2.05) is 42.5 Å². The summed E-state index contributed by atoms with van der Waals surface area (Å²) in [6, 6.07) is 22.2. The summed E-state index contributed by atoms with van der Waals surface area (Å²) < 4.78 is 0. The Balaban J connectivity index is 1.52. The van der Waals surface area contributed by atoms with Gasteiger partial charge in [0.25, 0.3) is 5.91 Å². The van der Waals surface area contributed by atoms with Gasteiger partial charge in [-0.15, -0.1) is 0 Å². The molecule has 4 rings (SSSR count). The summed E-state index contributed by atoms with van der Waals surface area (Å²) in [5, 5.41) is 22.4. The van der Waals surface area contributed by atoms with Gasteiger partial charge in [0.15, 0.2) is 0 Å². The number of carbonyl (C=O) groups excluding carboxylic acids is 1. The maximum Gasteiger partial charge on any atom is 0.289 e. The zero-order valence-electron chi connectivity index (χ0n) is 14.3. The van der Waals surface area contributed by atoms with E-state index in [-0.39, 0.29) is 11.7 Å². The maximum absolute atomic E-state index is 12.3. The Hall–Kier alpha value is -3.93. The van der Waals surface area contributed by atoms with Crippen LogP contribution in [0.3, 0.4) is 0 Å². The molecular weight excluding hydrogens is 340 g/mol. The summed E-state index contributed by atoms with van der Waals surface area (Å²) >= 11 is 0. The number of aromatic hydroxyl groups is 1. The van der Waals surface area contributed by atoms with Gasteiger partial charge in [-0.3, -0.25) is 9.89 Å². The number of benzene rings is 3. The molecule has 0 aliphatic heterocycles. The van der Waals surface area contributed by atoms with Crippen molar-refractivity contribution in [1.29, 1.82) is 0 Å². The van der Waals surface area contributed by atoms with E-state index in [0.717, 1.165) is 21.9 Å². The fourth-order valence-corrected chi connectivity index (χ4v) is 2.81. The first-order chi connectivity index (χ1) is 13.2. The third-order valence-corrected chi connectivity index (χ3v) is 4.16. The highest BCUT2D eigenvalue weighted by Gasteiger charge is 2.12. The van der Waals surface area contributed by atoms with Crippen LogP contribution in [0.5, 0.6) is 5.75 Å². The Morgan fingerprint density at radius 2 is 1.81 bits per heavy atom. The molecule has 0 bridgehead atoms. The SMILES string of the molecule is O=C(N/N=C/c1ccc(O)cc1)c1cc(-c2cccc3ccccc23)n[nH]1. The van der Waals surface area contributed by atoms with Crippen molar-refractivity contribution >= 4 is 22.9 Å². The van der Waals surface area contributed by atoms with Crippen LogP contribution < -0.4 is 5.43 Å². The molecule has 6 nitrogen and oxygen atoms in total. The molecule has 3 aromatic carbocycles. The average Bonchev–Trinajstić information content (AvgIpc) is 3.19. The molecule has 0 aliphatic rings. The van der Waals surface area contributed by atoms with Crippen LogP contribution in [0.2, 0.25) is 0 Å². The molecule has 0 saturated carbocycles. The fraction of sp³-hybridized carbons (Fsp3) is 0. The van der Waals surface area contributed by atoms with Gasteiger partial charge in [-0.2, -0.15) is 10.2 Å². The van der Waals surface area contributed by atoms with Crippen molar-refractivity contribution in [2.24, 2.45) is 5.10 Å². The standard InChI is InChI=1S/C21H16N4O2/c26-16-10-8-14(9-11-16)13-22-25-21(27)20-12-19(23-24-20)18-7-3-5-15-4-1-2-6-17(15)18/h1-13,26H,(H,23,24)(H,25,27)/b22-13+. The number of phenols is 1. The number of aromatic nitrogens is 2. The lowest BCUT2D eigenvalue weighted by Gasteiger charge is -2.02. The molecule has 6 heteroatoms. The molecule has 4 aromatic rings. The number of H-pyrrole nitrogens is 1. The predicted molar refractivity (Wildman–Crippen MR) is 105 cm³/mol. The van der Waals surface area contributed by atoms with Crippen LogP contribution in [0.1, 0.15) is 16.1 Å². The van der Waals surface area contributed by atoms with Crippen molar-refractivity contribution in [3.63, 3.8) is 0 Å². The van der Waals surface area contributed by atoms with Crippen LogP contribution in [0.25, 0.3) is 22.0 Å². The number of hydrogen-bond donors (Lipinski definition) is 3. The predicted octanol–water partition coefficient (Wildman–Crippen LogP) is 3.70. The van der Waals surface area contributed by atoms with Gasteiger partial charge in [0.1, 0.15) is 11.4 Å². The minimum absolute atomic E-state index is 0.176. The third kappa shape index (κ3) is 3.55. The summed E-state index contributed by atoms with van der Waals surface area (Å²) in [5.41, 5.74) is 5.19. The molecule has 0 spiro atoms. The molecule has 3 N–H and O–H groups in total. The van der Waals surface area contributed by atoms with Gasteiger partial charge in [0, 0.05) is 5.56 Å². The van der Waals surface area contributed by atoms with Gasteiger partial charge in [0.2, 0.25) is 0 Å². The van der Waals surface area contributed by atoms with Gasteiger partial charge < -0.3 is 5.11 Å². The smallest absolute Gasteiger partial charge is 0.289 e. The van der Waals surface area contributed by atoms with Crippen molar-refractivity contribution in [2.75, 3.05) is 0 Å². The minimum Gasteiger partial charge on any atom is -0.508 e. The quantitative estimate of drug-likeness (QED) is 0.385. The molecule has 0 saturated heterocycles. The number of carbonyl (C=O) groups is 1. The Morgan fingerprint density at radius 1 is 1.04 bits per heavy atom. The topological polar surface area (TPSA) is 90.4 Å². The first-order valence-electron chi connectivity index (χ1n) is 8.37. The molecular formula is C21H16N4O2. The van der Waals surface area contributed by atoms with Crippen LogP contribution >= 0.6 is 0 Å². The summed E-state index contributed by atoms with van der Waals surface area (Å²) in [6.45, 7) is 0. The maximum atomic E-state index is 12.3. The number of rotatable bonds is 4. The van der Waals surface area contributed by atoms with Crippen molar-refractivity contribution in [3.8, 4) is 17.0 Å². The normalized spacial score (nSPS) is 11.1. The minimum atomic E-state index is -0.385. The monoisotopic (exact) mass is 356 g/mol. The number of hydrogen-bond acceptors (Lipinski definition) is 4. The lowest BCUT2D eigenvalue weighted by molar-refractivity contribution is 0.0950. The van der Waals surface area contributed by atoms with Crippen LogP contribution in [0.15, 0.2) is 77.9 Å². The first-order valence-corrected chi connectivity index (χ1v) is 8.37. The second-order valence-corrected chi connectivity index (χ2v) is 5.98. The fourth-order valence-electron chi connectivity index (χ4n) is 2.81. The lowest BCUT2D eigenvalue weighted by Crippen LogP contribution is -2.17. The van der Waals surface area contributed by atoms with Gasteiger partial charge in [0.05, 0.1) is 11.9 Å². The number of nitrogens with one attached hydrogen (secondary N) is 2. The van der Waals surface area contributed by atoms with Crippen LogP contribution in [0.4, 0.5) is 0 Å². The van der Waals surface area contributed by atoms with Crippen molar-refractivity contribution in [3.05, 3.63) is 84.1 Å². The Kier molecular flexibility index (Phi) is 4.37. The van der Waals surface area contributed by atoms with E-state index in [0.29, 0.717) is 11.4 Å². The molecule has 0 unspecified atom stereocenters. The van der Waals surface area contributed by atoms with Crippen LogP contribution in [0, 0.1) is 0 Å². The number of aromatic amines is 1. The highest BCUT2D eigenvalue weighted by Crippen LogP contribution is 2.27. The molecule has 0 atom stereocenters. The molecule has 1 amide bonds. The summed E-state index contributed by atoms with van der Waals surface area (Å²) in [5.74, 6) is -0.210. The van der Waals surface area contributed by atoms with E-state index in [1.54, 1.807) is 30.3 Å². The number of nitrogens with zero attached hydrogens (tertiary/aromatic N) is 2. The second kappa shape index (κ2) is 7.13. The Labute approximate surface area is 155 Å². The number of hydrazone groups is 1. The molecule has 0 fully saturated rings. The van der Waals surface area contributed by atoms with E-state index in [1.165, 1.54) is 6.21 Å². The first kappa shape index (κ1) is 16.5. The third-order valence-electron chi connectivity index (χ3n) is 4.16. The van der Waals surface area contributed by atoms with E-state index in [9.17, 15) is 9.90 Å². The molecule has 27 heavy (non-hydrogen) atoms. The molecule has 1 heterocycles. The summed E-state index contributed by atoms with van der Waals surface area (Å²) in [4.78, 5) is 12.3. The zero-order chi connectivity index (χ0) is 18.6. The average molecular weight is 356 g/mol. The number of fused-ring (bicyclic) bond motifs is 1. The van der Waals surface area contributed by atoms with E-state index >= 15 is 0 Å². The molecule has 0 radical (unpaired) electrons. The van der Waals surface area contributed by atoms with Gasteiger partial charge in [-0.05, 0) is 46.7 Å². The number of phenolic OH excluding ortho intramolecular Hbond substituents is 1. The Bertz CT molecular complexity index is 1130. The van der Waals surface area contributed by atoms with Crippen molar-refractivity contribution < 1.29 is 9.90 Å². The van der Waals surface area contributed by atoms with E-state index < -0.39 is 0 Å². The largest absolute Gasteiger partial charge is 0.508 e. The van der Waals surface area contributed by atoms with E-state index in [2.05, 4.69) is 20.7 Å². The molecule has 132 valence electrons. The second-order valence-electron chi connectivity index (χ2n) is 5.98. The summed E-state index contributed by atoms with van der Waals surface area (Å²) in [7, 11) is 0. The van der Waals surface area contributed by atoms with Gasteiger partial charge >= 0.3 is 0 Å². The van der Waals surface area contributed by atoms with Gasteiger partial charge in [-0.1, -0.05) is 42.5 Å². The van der Waals surface area contributed by atoms with Crippen molar-refractivity contribution in [2.45, 2.75) is 0 Å². The lowest BCUT2D eigenvalue weighted by atomic mass is 10.0. The van der Waals surface area contributed by atoms with Crippen LogP contribution in [-0.4, -0.2) is 27.4 Å².